The van der Waals surface area contributed by atoms with Crippen molar-refractivity contribution < 1.29 is 4.39 Å². The highest BCUT2D eigenvalue weighted by atomic mass is 19.1. The number of pyridine rings is 1. The summed E-state index contributed by atoms with van der Waals surface area (Å²) in [5, 5.41) is 13.2. The number of nitrogens with one attached hydrogen (secondary N) is 1. The molecule has 8 heteroatoms. The van der Waals surface area contributed by atoms with Crippen molar-refractivity contribution in [3.05, 3.63) is 53.0 Å². The molecule has 5 rings (SSSR count). The molecule has 0 unspecified atom stereocenters. The van der Waals surface area contributed by atoms with Gasteiger partial charge in [-0.2, -0.15) is 10.2 Å². The lowest BCUT2D eigenvalue weighted by Crippen LogP contribution is -2.35. The van der Waals surface area contributed by atoms with Gasteiger partial charge in [-0.15, -0.1) is 0 Å². The van der Waals surface area contributed by atoms with Gasteiger partial charge in [0.15, 0.2) is 5.82 Å². The summed E-state index contributed by atoms with van der Waals surface area (Å²) in [6.07, 6.45) is 6.82. The van der Waals surface area contributed by atoms with Gasteiger partial charge < -0.3 is 5.32 Å². The summed E-state index contributed by atoms with van der Waals surface area (Å²) in [4.78, 5) is 17.2. The van der Waals surface area contributed by atoms with Gasteiger partial charge in [-0.3, -0.25) is 9.48 Å². The van der Waals surface area contributed by atoms with Crippen molar-refractivity contribution in [1.82, 2.24) is 29.9 Å². The average Bonchev–Trinajstić information content (AvgIpc) is 3.09. The van der Waals surface area contributed by atoms with Crippen LogP contribution in [-0.2, 0) is 7.05 Å². The van der Waals surface area contributed by atoms with Crippen LogP contribution in [0.1, 0.15) is 18.9 Å². The van der Waals surface area contributed by atoms with Crippen molar-refractivity contribution in [3.8, 4) is 11.1 Å². The fraction of sp³-hybridized carbons (Fsp3) is 0.300. The van der Waals surface area contributed by atoms with Gasteiger partial charge >= 0.3 is 0 Å². The molecular weight excluding hydrogens is 359 g/mol. The van der Waals surface area contributed by atoms with E-state index in [1.54, 1.807) is 35.0 Å². The van der Waals surface area contributed by atoms with Gasteiger partial charge in [0.2, 0.25) is 0 Å². The lowest BCUT2D eigenvalue weighted by Gasteiger charge is -2.23. The Bertz CT molecular complexity index is 1260. The lowest BCUT2D eigenvalue weighted by molar-refractivity contribution is 0.333. The van der Waals surface area contributed by atoms with Gasteiger partial charge in [0, 0.05) is 35.8 Å². The summed E-state index contributed by atoms with van der Waals surface area (Å²) in [7, 11) is 1.76. The van der Waals surface area contributed by atoms with Crippen LogP contribution < -0.4 is 10.9 Å². The molecule has 1 saturated heterocycles. The van der Waals surface area contributed by atoms with E-state index in [0.717, 1.165) is 36.9 Å². The van der Waals surface area contributed by atoms with Crippen LogP contribution in [0.15, 0.2) is 41.6 Å². The maximum Gasteiger partial charge on any atom is 0.293 e. The van der Waals surface area contributed by atoms with Crippen molar-refractivity contribution in [2.45, 2.75) is 18.9 Å². The monoisotopic (exact) mass is 378 g/mol. The van der Waals surface area contributed by atoms with Gasteiger partial charge in [-0.05, 0) is 49.7 Å². The van der Waals surface area contributed by atoms with E-state index in [9.17, 15) is 9.18 Å². The van der Waals surface area contributed by atoms with E-state index in [0.29, 0.717) is 22.0 Å². The summed E-state index contributed by atoms with van der Waals surface area (Å²) < 4.78 is 17.6. The van der Waals surface area contributed by atoms with E-state index in [2.05, 4.69) is 20.5 Å². The Hall–Kier alpha value is -3.13. The molecule has 1 aliphatic heterocycles. The first-order valence-electron chi connectivity index (χ1n) is 9.32. The van der Waals surface area contributed by atoms with Crippen molar-refractivity contribution in [2.75, 3.05) is 13.1 Å². The third-order valence-electron chi connectivity index (χ3n) is 5.31. The van der Waals surface area contributed by atoms with E-state index >= 15 is 0 Å². The SMILES string of the molecule is Cn1cc2cc(-c3cnc4c(=O)n(C5CCNCC5)ncc4c3)cc(F)c2n1. The second-order valence-electron chi connectivity index (χ2n) is 7.24. The zero-order valence-corrected chi connectivity index (χ0v) is 15.4. The van der Waals surface area contributed by atoms with Gasteiger partial charge in [0.25, 0.3) is 5.56 Å². The summed E-state index contributed by atoms with van der Waals surface area (Å²) in [6.45, 7) is 1.76. The number of hydrogen-bond donors (Lipinski definition) is 1. The van der Waals surface area contributed by atoms with Crippen molar-refractivity contribution in [1.29, 1.82) is 0 Å². The number of hydrogen-bond acceptors (Lipinski definition) is 5. The van der Waals surface area contributed by atoms with Crippen LogP contribution >= 0.6 is 0 Å². The fourth-order valence-corrected chi connectivity index (χ4v) is 3.89. The number of benzene rings is 1. The molecule has 3 aromatic heterocycles. The summed E-state index contributed by atoms with van der Waals surface area (Å²) in [5.41, 5.74) is 1.98. The number of aromatic nitrogens is 5. The minimum absolute atomic E-state index is 0.0988. The molecule has 1 aromatic carbocycles. The molecule has 1 fully saturated rings. The first-order chi connectivity index (χ1) is 13.6. The van der Waals surface area contributed by atoms with E-state index in [-0.39, 0.29) is 17.4 Å². The molecule has 0 atom stereocenters. The third kappa shape index (κ3) is 2.77. The van der Waals surface area contributed by atoms with Crippen LogP contribution in [0.2, 0.25) is 0 Å². The minimum atomic E-state index is -0.382. The highest BCUT2D eigenvalue weighted by molar-refractivity contribution is 5.87. The second kappa shape index (κ2) is 6.49. The smallest absolute Gasteiger partial charge is 0.293 e. The van der Waals surface area contributed by atoms with E-state index in [4.69, 9.17) is 0 Å². The van der Waals surface area contributed by atoms with Crippen LogP contribution in [0.5, 0.6) is 0 Å². The van der Waals surface area contributed by atoms with E-state index in [1.165, 1.54) is 6.07 Å². The molecule has 4 aromatic rings. The van der Waals surface area contributed by atoms with Gasteiger partial charge in [-0.1, -0.05) is 0 Å². The van der Waals surface area contributed by atoms with Gasteiger partial charge in [-0.25, -0.2) is 14.1 Å². The molecule has 0 amide bonds. The standard InChI is InChI=1S/C20H19FN6O/c1-26-11-15-6-12(8-17(21)18(15)25-26)13-7-14-10-24-27(16-2-4-22-5-3-16)20(28)19(14)23-9-13/h6-11,16,22H,2-5H2,1H3. The van der Waals surface area contributed by atoms with E-state index in [1.807, 2.05) is 12.1 Å². The Kier molecular flexibility index (Phi) is 3.94. The normalized spacial score (nSPS) is 15.5. The number of fused-ring (bicyclic) bond motifs is 2. The molecule has 0 spiro atoms. The molecule has 142 valence electrons. The number of rotatable bonds is 2. The van der Waals surface area contributed by atoms with Gasteiger partial charge in [0.1, 0.15) is 11.0 Å². The number of nitrogens with zero attached hydrogens (tertiary/aromatic N) is 5. The first kappa shape index (κ1) is 17.0. The summed E-state index contributed by atoms with van der Waals surface area (Å²) in [6, 6.07) is 5.25. The predicted molar refractivity (Wildman–Crippen MR) is 105 cm³/mol. The van der Waals surface area contributed by atoms with Crippen LogP contribution in [-0.4, -0.2) is 37.6 Å². The molecule has 7 nitrogen and oxygen atoms in total. The predicted octanol–water partition coefficient (Wildman–Crippen LogP) is 2.41. The minimum Gasteiger partial charge on any atom is -0.317 e. The quantitative estimate of drug-likeness (QED) is 0.580. The van der Waals surface area contributed by atoms with Crippen LogP contribution in [0.4, 0.5) is 4.39 Å². The maximum absolute atomic E-state index is 14.4. The molecule has 28 heavy (non-hydrogen) atoms. The Balaban J connectivity index is 1.59. The van der Waals surface area contributed by atoms with Crippen molar-refractivity contribution >= 4 is 21.8 Å². The summed E-state index contributed by atoms with van der Waals surface area (Å²) in [5.74, 6) is -0.382. The van der Waals surface area contributed by atoms with Crippen LogP contribution in [0.25, 0.3) is 32.9 Å². The Morgan fingerprint density at radius 1 is 1.07 bits per heavy atom. The highest BCUT2D eigenvalue weighted by Gasteiger charge is 2.19. The largest absolute Gasteiger partial charge is 0.317 e. The third-order valence-corrected chi connectivity index (χ3v) is 5.31. The highest BCUT2D eigenvalue weighted by Crippen LogP contribution is 2.27. The van der Waals surface area contributed by atoms with Crippen LogP contribution in [0.3, 0.4) is 0 Å². The van der Waals surface area contributed by atoms with Crippen LogP contribution in [0, 0.1) is 5.82 Å². The topological polar surface area (TPSA) is 77.6 Å². The molecule has 0 saturated carbocycles. The van der Waals surface area contributed by atoms with Crippen molar-refractivity contribution in [2.24, 2.45) is 7.05 Å². The molecule has 1 N–H and O–H groups in total. The second-order valence-corrected chi connectivity index (χ2v) is 7.24. The molecule has 1 aliphatic rings. The number of halogens is 1. The Morgan fingerprint density at radius 2 is 1.86 bits per heavy atom. The van der Waals surface area contributed by atoms with Gasteiger partial charge in [0.05, 0.1) is 12.2 Å². The molecule has 4 heterocycles. The molecule has 0 aliphatic carbocycles. The Morgan fingerprint density at radius 3 is 2.68 bits per heavy atom. The fourth-order valence-electron chi connectivity index (χ4n) is 3.89. The zero-order valence-electron chi connectivity index (χ0n) is 15.4. The maximum atomic E-state index is 14.4. The first-order valence-corrected chi connectivity index (χ1v) is 9.32. The summed E-state index contributed by atoms with van der Waals surface area (Å²) >= 11 is 0. The average molecular weight is 378 g/mol. The Labute approximate surface area is 159 Å². The zero-order chi connectivity index (χ0) is 19.3. The molecule has 0 bridgehead atoms. The number of piperidine rings is 1. The number of aryl methyl sites for hydroxylation is 1. The van der Waals surface area contributed by atoms with E-state index < -0.39 is 0 Å². The molecule has 0 radical (unpaired) electrons. The molecular formula is C20H19FN6O. The lowest BCUT2D eigenvalue weighted by atomic mass is 10.0. The van der Waals surface area contributed by atoms with Crippen molar-refractivity contribution in [3.63, 3.8) is 0 Å².